The van der Waals surface area contributed by atoms with Gasteiger partial charge in [-0.2, -0.15) is 0 Å². The van der Waals surface area contributed by atoms with Crippen molar-refractivity contribution in [3.63, 3.8) is 0 Å². The van der Waals surface area contributed by atoms with Gasteiger partial charge < -0.3 is 15.5 Å². The predicted octanol–water partition coefficient (Wildman–Crippen LogP) is -0.0956. The Balaban J connectivity index is 2.19. The zero-order valence-corrected chi connectivity index (χ0v) is 8.35. The normalized spacial score (nSPS) is 25.7. The number of nitrogens with one attached hydrogen (secondary N) is 1. The Labute approximate surface area is 87.8 Å². The van der Waals surface area contributed by atoms with E-state index in [-0.39, 0.29) is 6.10 Å². The van der Waals surface area contributed by atoms with E-state index in [4.69, 9.17) is 5.11 Å². The van der Waals surface area contributed by atoms with Crippen LogP contribution in [-0.2, 0) is 9.59 Å². The number of hydrogen-bond donors (Lipinski definition) is 3. The van der Waals surface area contributed by atoms with Crippen molar-refractivity contribution in [2.24, 2.45) is 5.92 Å². The van der Waals surface area contributed by atoms with E-state index in [1.165, 1.54) is 0 Å². The number of carbonyl (C=O) groups excluding carboxylic acids is 1. The van der Waals surface area contributed by atoms with E-state index in [2.05, 4.69) is 5.32 Å². The van der Waals surface area contributed by atoms with E-state index < -0.39 is 11.9 Å². The Morgan fingerprint density at radius 2 is 2.07 bits per heavy atom. The topological polar surface area (TPSA) is 86.6 Å². The quantitative estimate of drug-likeness (QED) is 0.569. The maximum absolute atomic E-state index is 11.1. The van der Waals surface area contributed by atoms with E-state index in [0.29, 0.717) is 18.9 Å². The number of carboxylic acids is 1. The van der Waals surface area contributed by atoms with E-state index in [9.17, 15) is 14.7 Å². The van der Waals surface area contributed by atoms with Gasteiger partial charge in [-0.15, -0.1) is 0 Å². The van der Waals surface area contributed by atoms with Crippen LogP contribution in [0, 0.1) is 5.92 Å². The molecule has 1 fully saturated rings. The highest BCUT2D eigenvalue weighted by Gasteiger charge is 2.22. The van der Waals surface area contributed by atoms with Crippen LogP contribution in [0.15, 0.2) is 12.2 Å². The first-order valence-electron chi connectivity index (χ1n) is 4.95. The third-order valence-electron chi connectivity index (χ3n) is 2.46. The van der Waals surface area contributed by atoms with Gasteiger partial charge in [0.15, 0.2) is 0 Å². The molecule has 0 spiro atoms. The molecule has 1 aliphatic rings. The number of hydrogen-bond acceptors (Lipinski definition) is 3. The molecule has 1 amide bonds. The van der Waals surface area contributed by atoms with Crippen LogP contribution in [0.5, 0.6) is 0 Å². The van der Waals surface area contributed by atoms with Crippen molar-refractivity contribution in [3.8, 4) is 0 Å². The average molecular weight is 213 g/mol. The number of aliphatic hydroxyl groups excluding tert-OH is 1. The smallest absolute Gasteiger partial charge is 0.328 e. The molecule has 0 aliphatic heterocycles. The van der Waals surface area contributed by atoms with E-state index in [1.54, 1.807) is 0 Å². The van der Waals surface area contributed by atoms with Gasteiger partial charge in [0.25, 0.3) is 0 Å². The van der Waals surface area contributed by atoms with Crippen LogP contribution in [0.25, 0.3) is 0 Å². The van der Waals surface area contributed by atoms with Gasteiger partial charge in [0.1, 0.15) is 0 Å². The molecule has 2 unspecified atom stereocenters. The molecule has 5 nitrogen and oxygen atoms in total. The molecule has 0 bridgehead atoms. The monoisotopic (exact) mass is 213 g/mol. The molecule has 1 rings (SSSR count). The zero-order valence-electron chi connectivity index (χ0n) is 8.35. The summed E-state index contributed by atoms with van der Waals surface area (Å²) in [6, 6.07) is 0. The minimum absolute atomic E-state index is 0.249. The summed E-state index contributed by atoms with van der Waals surface area (Å²) in [6.07, 6.45) is 3.95. The molecule has 84 valence electrons. The number of aliphatic carboxylic acids is 1. The molecule has 0 aromatic carbocycles. The minimum atomic E-state index is -1.14. The molecular weight excluding hydrogens is 198 g/mol. The SMILES string of the molecule is O=C(O)/C=C/C(=O)NCC1CCC(O)C1. The first-order valence-corrected chi connectivity index (χ1v) is 4.95. The van der Waals surface area contributed by atoms with Gasteiger partial charge in [-0.25, -0.2) is 4.79 Å². The molecule has 1 aliphatic carbocycles. The summed E-state index contributed by atoms with van der Waals surface area (Å²) in [7, 11) is 0. The molecule has 0 aromatic heterocycles. The number of carbonyl (C=O) groups is 2. The Bertz CT molecular complexity index is 275. The Morgan fingerprint density at radius 3 is 2.60 bits per heavy atom. The largest absolute Gasteiger partial charge is 0.478 e. The second-order valence-electron chi connectivity index (χ2n) is 3.75. The molecule has 0 saturated heterocycles. The highest BCUT2D eigenvalue weighted by molar-refractivity contribution is 5.93. The van der Waals surface area contributed by atoms with Crippen LogP contribution in [0.2, 0.25) is 0 Å². The number of carboxylic acid groups (broad SMARTS) is 1. The second-order valence-corrected chi connectivity index (χ2v) is 3.75. The molecule has 0 aromatic rings. The van der Waals surface area contributed by atoms with Crippen molar-refractivity contribution in [1.29, 1.82) is 0 Å². The molecule has 15 heavy (non-hydrogen) atoms. The van der Waals surface area contributed by atoms with Crippen LogP contribution in [0.3, 0.4) is 0 Å². The molecule has 2 atom stereocenters. The van der Waals surface area contributed by atoms with Crippen molar-refractivity contribution in [2.75, 3.05) is 6.54 Å². The van der Waals surface area contributed by atoms with Crippen LogP contribution in [0.1, 0.15) is 19.3 Å². The van der Waals surface area contributed by atoms with Crippen molar-refractivity contribution in [2.45, 2.75) is 25.4 Å². The molecular formula is C10H15NO4. The summed E-state index contributed by atoms with van der Waals surface area (Å²) >= 11 is 0. The van der Waals surface area contributed by atoms with Gasteiger partial charge in [-0.05, 0) is 25.2 Å². The summed E-state index contributed by atoms with van der Waals surface area (Å²) in [4.78, 5) is 21.2. The predicted molar refractivity (Wildman–Crippen MR) is 53.1 cm³/mol. The second kappa shape index (κ2) is 5.50. The summed E-state index contributed by atoms with van der Waals surface area (Å²) in [6.45, 7) is 0.500. The lowest BCUT2D eigenvalue weighted by Crippen LogP contribution is -2.27. The van der Waals surface area contributed by atoms with E-state index in [1.807, 2.05) is 0 Å². The molecule has 1 saturated carbocycles. The minimum Gasteiger partial charge on any atom is -0.478 e. The summed E-state index contributed by atoms with van der Waals surface area (Å²) in [5.41, 5.74) is 0. The molecule has 0 radical (unpaired) electrons. The van der Waals surface area contributed by atoms with Crippen LogP contribution < -0.4 is 5.32 Å². The third kappa shape index (κ3) is 4.60. The fourth-order valence-electron chi connectivity index (χ4n) is 1.68. The maximum atomic E-state index is 11.1. The van der Waals surface area contributed by atoms with Gasteiger partial charge in [0, 0.05) is 18.7 Å². The van der Waals surface area contributed by atoms with Gasteiger partial charge in [-0.3, -0.25) is 4.79 Å². The lowest BCUT2D eigenvalue weighted by atomic mass is 10.1. The Hall–Kier alpha value is -1.36. The fourth-order valence-corrected chi connectivity index (χ4v) is 1.68. The lowest BCUT2D eigenvalue weighted by molar-refractivity contribution is -0.131. The summed E-state index contributed by atoms with van der Waals surface area (Å²) < 4.78 is 0. The Morgan fingerprint density at radius 1 is 1.33 bits per heavy atom. The van der Waals surface area contributed by atoms with E-state index >= 15 is 0 Å². The molecule has 3 N–H and O–H groups in total. The average Bonchev–Trinajstić information content (AvgIpc) is 2.58. The van der Waals surface area contributed by atoms with Crippen LogP contribution >= 0.6 is 0 Å². The van der Waals surface area contributed by atoms with E-state index in [0.717, 1.165) is 25.0 Å². The highest BCUT2D eigenvalue weighted by Crippen LogP contribution is 2.24. The summed E-state index contributed by atoms with van der Waals surface area (Å²) in [5, 5.41) is 20.1. The van der Waals surface area contributed by atoms with Gasteiger partial charge in [0.05, 0.1) is 6.10 Å². The maximum Gasteiger partial charge on any atom is 0.328 e. The van der Waals surface area contributed by atoms with Gasteiger partial charge in [0.2, 0.25) is 5.91 Å². The van der Waals surface area contributed by atoms with Crippen molar-refractivity contribution in [3.05, 3.63) is 12.2 Å². The highest BCUT2D eigenvalue weighted by atomic mass is 16.4. The Kier molecular flexibility index (Phi) is 4.30. The van der Waals surface area contributed by atoms with Gasteiger partial charge in [-0.1, -0.05) is 0 Å². The van der Waals surface area contributed by atoms with Crippen LogP contribution in [0.4, 0.5) is 0 Å². The zero-order chi connectivity index (χ0) is 11.3. The fraction of sp³-hybridized carbons (Fsp3) is 0.600. The van der Waals surface area contributed by atoms with Crippen LogP contribution in [-0.4, -0.2) is 34.7 Å². The van der Waals surface area contributed by atoms with Crippen molar-refractivity contribution >= 4 is 11.9 Å². The van der Waals surface area contributed by atoms with Crippen molar-refractivity contribution in [1.82, 2.24) is 5.32 Å². The first kappa shape index (κ1) is 11.7. The standard InChI is InChI=1S/C10H15NO4/c12-8-2-1-7(5-8)6-11-9(13)3-4-10(14)15/h3-4,7-8,12H,1-2,5-6H2,(H,11,13)(H,14,15)/b4-3+. The summed E-state index contributed by atoms with van der Waals surface area (Å²) in [5.74, 6) is -1.23. The van der Waals surface area contributed by atoms with Crippen molar-refractivity contribution < 1.29 is 19.8 Å². The number of rotatable bonds is 4. The molecule has 0 heterocycles. The third-order valence-corrected chi connectivity index (χ3v) is 2.46. The number of aliphatic hydroxyl groups is 1. The molecule has 5 heteroatoms. The lowest BCUT2D eigenvalue weighted by Gasteiger charge is -2.08. The number of amides is 1. The van der Waals surface area contributed by atoms with Gasteiger partial charge >= 0.3 is 5.97 Å². The first-order chi connectivity index (χ1) is 7.08.